The molecule has 1 unspecified atom stereocenters. The Labute approximate surface area is 74.3 Å². The SMILES string of the molecule is C#CCCCC(CSC)NC. The standard InChI is InChI=1S/C9H17NS/c1-4-5-6-7-9(10-2)8-11-3/h1,9-10H,5-8H2,2-3H3. The van der Waals surface area contributed by atoms with Gasteiger partial charge in [-0.05, 0) is 26.1 Å². The van der Waals surface area contributed by atoms with Crippen molar-refractivity contribution in [3.05, 3.63) is 0 Å². The monoisotopic (exact) mass is 171 g/mol. The topological polar surface area (TPSA) is 12.0 Å². The normalized spacial score (nSPS) is 12.5. The molecule has 0 amide bonds. The molecule has 0 saturated heterocycles. The number of nitrogens with one attached hydrogen (secondary N) is 1. The summed E-state index contributed by atoms with van der Waals surface area (Å²) in [4.78, 5) is 0. The lowest BCUT2D eigenvalue weighted by Gasteiger charge is -2.13. The lowest BCUT2D eigenvalue weighted by molar-refractivity contribution is 0.554. The van der Waals surface area contributed by atoms with Gasteiger partial charge in [0.05, 0.1) is 0 Å². The molecule has 64 valence electrons. The Hall–Kier alpha value is -0.130. The number of unbranched alkanes of at least 4 members (excludes halogenated alkanes) is 1. The Morgan fingerprint density at radius 3 is 2.82 bits per heavy atom. The van der Waals surface area contributed by atoms with Crippen LogP contribution in [-0.2, 0) is 0 Å². The summed E-state index contributed by atoms with van der Waals surface area (Å²) in [5.41, 5.74) is 0. The van der Waals surface area contributed by atoms with E-state index in [1.807, 2.05) is 18.8 Å². The second-order valence-corrected chi connectivity index (χ2v) is 3.45. The molecule has 0 spiro atoms. The van der Waals surface area contributed by atoms with Crippen LogP contribution < -0.4 is 5.32 Å². The van der Waals surface area contributed by atoms with Crippen molar-refractivity contribution in [3.8, 4) is 12.3 Å². The van der Waals surface area contributed by atoms with Crippen molar-refractivity contribution in [2.24, 2.45) is 0 Å². The highest BCUT2D eigenvalue weighted by molar-refractivity contribution is 7.98. The largest absolute Gasteiger partial charge is 0.316 e. The molecule has 0 aromatic carbocycles. The molecule has 1 atom stereocenters. The van der Waals surface area contributed by atoms with E-state index < -0.39 is 0 Å². The first-order valence-corrected chi connectivity index (χ1v) is 5.34. The van der Waals surface area contributed by atoms with E-state index in [0.717, 1.165) is 12.8 Å². The van der Waals surface area contributed by atoms with Crippen LogP contribution in [0.15, 0.2) is 0 Å². The van der Waals surface area contributed by atoms with Crippen molar-refractivity contribution in [3.63, 3.8) is 0 Å². The second kappa shape index (κ2) is 7.97. The fourth-order valence-electron chi connectivity index (χ4n) is 0.963. The van der Waals surface area contributed by atoms with E-state index in [4.69, 9.17) is 6.42 Å². The van der Waals surface area contributed by atoms with Crippen molar-refractivity contribution < 1.29 is 0 Å². The predicted octanol–water partition coefficient (Wildman–Crippen LogP) is 1.74. The van der Waals surface area contributed by atoms with E-state index >= 15 is 0 Å². The zero-order valence-corrected chi connectivity index (χ0v) is 8.21. The van der Waals surface area contributed by atoms with Crippen molar-refractivity contribution in [2.75, 3.05) is 19.1 Å². The molecule has 0 aliphatic carbocycles. The first-order chi connectivity index (χ1) is 5.35. The molecule has 0 radical (unpaired) electrons. The van der Waals surface area contributed by atoms with Crippen LogP contribution in [0.2, 0.25) is 0 Å². The van der Waals surface area contributed by atoms with Gasteiger partial charge >= 0.3 is 0 Å². The number of terminal acetylenes is 1. The highest BCUT2D eigenvalue weighted by Crippen LogP contribution is 2.05. The van der Waals surface area contributed by atoms with Crippen molar-refractivity contribution in [1.82, 2.24) is 5.32 Å². The number of hydrogen-bond acceptors (Lipinski definition) is 2. The fourth-order valence-corrected chi connectivity index (χ4v) is 1.70. The molecule has 0 fully saturated rings. The van der Waals surface area contributed by atoms with Crippen LogP contribution in [0, 0.1) is 12.3 Å². The minimum absolute atomic E-state index is 0.637. The zero-order chi connectivity index (χ0) is 8.53. The number of hydrogen-bond donors (Lipinski definition) is 1. The minimum atomic E-state index is 0.637. The smallest absolute Gasteiger partial charge is 0.0155 e. The molecule has 11 heavy (non-hydrogen) atoms. The molecule has 0 bridgehead atoms. The first kappa shape index (κ1) is 10.9. The quantitative estimate of drug-likeness (QED) is 0.482. The molecular weight excluding hydrogens is 154 g/mol. The Morgan fingerprint density at radius 1 is 1.64 bits per heavy atom. The van der Waals surface area contributed by atoms with Crippen LogP contribution in [-0.4, -0.2) is 25.1 Å². The Kier molecular flexibility index (Phi) is 7.88. The third-order valence-corrected chi connectivity index (χ3v) is 2.39. The Bertz CT molecular complexity index is 117. The van der Waals surface area contributed by atoms with E-state index in [1.165, 1.54) is 12.2 Å². The van der Waals surface area contributed by atoms with Gasteiger partial charge in [0.1, 0.15) is 0 Å². The van der Waals surface area contributed by atoms with E-state index in [-0.39, 0.29) is 0 Å². The van der Waals surface area contributed by atoms with Gasteiger partial charge in [0.2, 0.25) is 0 Å². The Morgan fingerprint density at radius 2 is 2.36 bits per heavy atom. The van der Waals surface area contributed by atoms with Gasteiger partial charge in [-0.25, -0.2) is 0 Å². The highest BCUT2D eigenvalue weighted by atomic mass is 32.2. The summed E-state index contributed by atoms with van der Waals surface area (Å²) in [6.07, 6.45) is 10.5. The average molecular weight is 171 g/mol. The van der Waals surface area contributed by atoms with E-state index in [2.05, 4.69) is 17.5 Å². The average Bonchev–Trinajstić information content (AvgIpc) is 2.03. The summed E-state index contributed by atoms with van der Waals surface area (Å²) in [5.74, 6) is 3.84. The predicted molar refractivity (Wildman–Crippen MR) is 53.9 cm³/mol. The molecule has 0 aliphatic heterocycles. The fraction of sp³-hybridized carbons (Fsp3) is 0.778. The van der Waals surface area contributed by atoms with Crippen LogP contribution in [0.4, 0.5) is 0 Å². The second-order valence-electron chi connectivity index (χ2n) is 2.54. The summed E-state index contributed by atoms with van der Waals surface area (Å²) in [6, 6.07) is 0.637. The van der Waals surface area contributed by atoms with Crippen molar-refractivity contribution in [2.45, 2.75) is 25.3 Å². The molecular formula is C9H17NS. The third kappa shape index (κ3) is 6.28. The Balaban J connectivity index is 3.29. The molecule has 1 N–H and O–H groups in total. The number of thioether (sulfide) groups is 1. The van der Waals surface area contributed by atoms with E-state index in [9.17, 15) is 0 Å². The number of rotatable bonds is 6. The molecule has 0 aliphatic rings. The van der Waals surface area contributed by atoms with Crippen molar-refractivity contribution in [1.29, 1.82) is 0 Å². The molecule has 0 rings (SSSR count). The molecule has 0 aromatic heterocycles. The van der Waals surface area contributed by atoms with Crippen molar-refractivity contribution >= 4 is 11.8 Å². The van der Waals surface area contributed by atoms with Gasteiger partial charge in [0.25, 0.3) is 0 Å². The summed E-state index contributed by atoms with van der Waals surface area (Å²) in [5, 5.41) is 3.27. The van der Waals surface area contributed by atoms with Crippen LogP contribution in [0.5, 0.6) is 0 Å². The van der Waals surface area contributed by atoms with E-state index in [1.54, 1.807) is 0 Å². The van der Waals surface area contributed by atoms with E-state index in [0.29, 0.717) is 6.04 Å². The van der Waals surface area contributed by atoms with Gasteiger partial charge in [-0.2, -0.15) is 11.8 Å². The maximum Gasteiger partial charge on any atom is 0.0155 e. The first-order valence-electron chi connectivity index (χ1n) is 3.94. The maximum absolute atomic E-state index is 5.15. The lowest BCUT2D eigenvalue weighted by Crippen LogP contribution is -2.27. The molecule has 0 saturated carbocycles. The summed E-state index contributed by atoms with van der Waals surface area (Å²) in [6.45, 7) is 0. The van der Waals surface area contributed by atoms with Crippen LogP contribution in [0.1, 0.15) is 19.3 Å². The molecule has 0 heterocycles. The summed E-state index contributed by atoms with van der Waals surface area (Å²) < 4.78 is 0. The van der Waals surface area contributed by atoms with Crippen LogP contribution >= 0.6 is 11.8 Å². The third-order valence-electron chi connectivity index (χ3n) is 1.65. The van der Waals surface area contributed by atoms with Crippen LogP contribution in [0.3, 0.4) is 0 Å². The lowest BCUT2D eigenvalue weighted by atomic mass is 10.1. The van der Waals surface area contributed by atoms with Gasteiger partial charge in [-0.1, -0.05) is 0 Å². The highest BCUT2D eigenvalue weighted by Gasteiger charge is 2.02. The van der Waals surface area contributed by atoms with Gasteiger partial charge in [0, 0.05) is 18.2 Å². The minimum Gasteiger partial charge on any atom is -0.316 e. The van der Waals surface area contributed by atoms with Gasteiger partial charge in [-0.3, -0.25) is 0 Å². The van der Waals surface area contributed by atoms with Gasteiger partial charge < -0.3 is 5.32 Å². The molecule has 2 heteroatoms. The van der Waals surface area contributed by atoms with Crippen LogP contribution in [0.25, 0.3) is 0 Å². The summed E-state index contributed by atoms with van der Waals surface area (Å²) in [7, 11) is 2.01. The molecule has 0 aromatic rings. The van der Waals surface area contributed by atoms with Gasteiger partial charge in [0.15, 0.2) is 0 Å². The molecule has 1 nitrogen and oxygen atoms in total. The maximum atomic E-state index is 5.15. The summed E-state index contributed by atoms with van der Waals surface area (Å²) >= 11 is 1.88. The zero-order valence-electron chi connectivity index (χ0n) is 7.39. The van der Waals surface area contributed by atoms with Gasteiger partial charge in [-0.15, -0.1) is 12.3 Å².